The molecule has 0 rings (SSSR count). The quantitative estimate of drug-likeness (QED) is 0.0420. The first-order valence-electron chi connectivity index (χ1n) is 19.5. The van der Waals surface area contributed by atoms with Gasteiger partial charge in [0.15, 0.2) is 0 Å². The van der Waals surface area contributed by atoms with Crippen LogP contribution in [0, 0.1) is 5.92 Å². The van der Waals surface area contributed by atoms with Crippen LogP contribution in [0.3, 0.4) is 0 Å². The minimum absolute atomic E-state index is 0. The predicted molar refractivity (Wildman–Crippen MR) is 193 cm³/mol. The van der Waals surface area contributed by atoms with E-state index in [-0.39, 0.29) is 12.1 Å². The molecule has 0 aliphatic rings. The fourth-order valence-electron chi connectivity index (χ4n) is 7.06. The molecular formula is C38H81NO4S. The molecule has 0 bridgehead atoms. The Morgan fingerprint density at radius 2 is 0.682 bits per heavy atom. The lowest BCUT2D eigenvalue weighted by molar-refractivity contribution is -0.0135. The average molecular weight is 648 g/mol. The number of unbranched alkanes of at least 4 members (excludes halogenated alkanes) is 26. The largest absolute Gasteiger partial charge is 0.726 e. The van der Waals surface area contributed by atoms with Gasteiger partial charge in [-0.2, -0.15) is 0 Å². The Morgan fingerprint density at radius 3 is 0.886 bits per heavy atom. The van der Waals surface area contributed by atoms with Gasteiger partial charge in [0.2, 0.25) is 10.4 Å². The molecule has 0 aliphatic carbocycles. The van der Waals surface area contributed by atoms with E-state index in [1.54, 1.807) is 0 Å². The van der Waals surface area contributed by atoms with Gasteiger partial charge in [0.1, 0.15) is 0 Å². The Kier molecular flexibility index (Phi) is 34.2. The van der Waals surface area contributed by atoms with Crippen molar-refractivity contribution in [1.82, 2.24) is 6.15 Å². The van der Waals surface area contributed by atoms with Gasteiger partial charge in [0.05, 0.1) is 5.60 Å². The molecular weight excluding hydrogens is 566 g/mol. The van der Waals surface area contributed by atoms with Crippen LogP contribution in [-0.2, 0) is 14.6 Å². The number of rotatable bonds is 35. The van der Waals surface area contributed by atoms with Crippen molar-refractivity contribution in [3.63, 3.8) is 0 Å². The smallest absolute Gasteiger partial charge is 0.218 e. The van der Waals surface area contributed by atoms with Crippen molar-refractivity contribution in [2.24, 2.45) is 5.92 Å². The Labute approximate surface area is 277 Å². The van der Waals surface area contributed by atoms with Gasteiger partial charge >= 0.3 is 0 Å². The highest BCUT2D eigenvalue weighted by Gasteiger charge is 2.38. The zero-order valence-electron chi connectivity index (χ0n) is 30.7. The van der Waals surface area contributed by atoms with E-state index in [0.29, 0.717) is 12.8 Å². The molecule has 0 radical (unpaired) electrons. The number of quaternary nitrogens is 1. The third kappa shape index (κ3) is 28.1. The third-order valence-corrected chi connectivity index (χ3v) is 10.6. The zero-order valence-corrected chi connectivity index (χ0v) is 31.6. The molecule has 5 nitrogen and oxygen atoms in total. The molecule has 0 aromatic heterocycles. The van der Waals surface area contributed by atoms with Crippen LogP contribution in [-0.4, -0.2) is 18.6 Å². The molecule has 0 aromatic rings. The van der Waals surface area contributed by atoms with E-state index < -0.39 is 16.0 Å². The fourth-order valence-corrected chi connectivity index (χ4v) is 7.84. The Morgan fingerprint density at radius 1 is 0.455 bits per heavy atom. The summed E-state index contributed by atoms with van der Waals surface area (Å²) in [5, 5.41) is 0. The van der Waals surface area contributed by atoms with Crippen molar-refractivity contribution in [3.8, 4) is 0 Å². The second kappa shape index (κ2) is 32.8. The predicted octanol–water partition coefficient (Wildman–Crippen LogP) is 13.8. The van der Waals surface area contributed by atoms with Crippen LogP contribution in [0.5, 0.6) is 0 Å². The van der Waals surface area contributed by atoms with Crippen LogP contribution in [0.25, 0.3) is 0 Å². The molecule has 0 saturated carbocycles. The zero-order chi connectivity index (χ0) is 31.9. The molecule has 0 aliphatic heterocycles. The average Bonchev–Trinajstić information content (AvgIpc) is 2.98. The molecule has 268 valence electrons. The molecule has 0 saturated heterocycles. The molecule has 0 amide bonds. The Bertz CT molecular complexity index is 634. The normalized spacial score (nSPS) is 12.2. The first-order valence-corrected chi connectivity index (χ1v) is 20.8. The minimum Gasteiger partial charge on any atom is -0.726 e. The molecule has 0 heterocycles. The lowest BCUT2D eigenvalue weighted by Crippen LogP contribution is -2.42. The molecule has 0 atom stereocenters. The van der Waals surface area contributed by atoms with Crippen molar-refractivity contribution in [2.45, 2.75) is 239 Å². The monoisotopic (exact) mass is 648 g/mol. The van der Waals surface area contributed by atoms with E-state index in [9.17, 15) is 13.0 Å². The molecule has 0 unspecified atom stereocenters. The second-order valence-electron chi connectivity index (χ2n) is 13.7. The van der Waals surface area contributed by atoms with E-state index in [1.807, 2.05) is 13.8 Å². The minimum atomic E-state index is -4.72. The molecule has 0 fully saturated rings. The van der Waals surface area contributed by atoms with Gasteiger partial charge in [-0.3, -0.25) is 4.18 Å². The van der Waals surface area contributed by atoms with Crippen LogP contribution >= 0.6 is 0 Å². The highest BCUT2D eigenvalue weighted by Crippen LogP contribution is 2.38. The van der Waals surface area contributed by atoms with Crippen molar-refractivity contribution in [1.29, 1.82) is 0 Å². The lowest BCUT2D eigenvalue weighted by Gasteiger charge is -2.40. The summed E-state index contributed by atoms with van der Waals surface area (Å²) in [7, 11) is -4.72. The summed E-state index contributed by atoms with van der Waals surface area (Å²) in [5.41, 5.74) is -0.840. The van der Waals surface area contributed by atoms with Crippen molar-refractivity contribution < 1.29 is 17.2 Å². The van der Waals surface area contributed by atoms with E-state index >= 15 is 0 Å². The third-order valence-electron chi connectivity index (χ3n) is 10.0. The Balaban J connectivity index is 0. The standard InChI is InChI=1S/C38H78O4S.H3N/c1-5-9-11-13-15-17-19-21-23-25-27-29-31-33-35-37(38(7-3,8-4)42-43(39,40)41)36-34-32-30-28-26-24-22-20-18-16-14-12-10-6-2;/h37H,5-36H2,1-4H3,(H,39,40,41);1H3. The van der Waals surface area contributed by atoms with Gasteiger partial charge in [-0.1, -0.05) is 207 Å². The SMILES string of the molecule is CCCCCCCCCCCCCCCCC(CCCCCCCCCCCCCCCC)C(CC)(CC)OS(=O)(=O)[O-].[NH4+]. The maximum absolute atomic E-state index is 11.7. The summed E-state index contributed by atoms with van der Waals surface area (Å²) in [6, 6.07) is 0. The van der Waals surface area contributed by atoms with E-state index in [2.05, 4.69) is 13.8 Å². The summed E-state index contributed by atoms with van der Waals surface area (Å²) in [5.74, 6) is 0.140. The van der Waals surface area contributed by atoms with Crippen LogP contribution < -0.4 is 6.15 Å². The maximum atomic E-state index is 11.7. The first kappa shape index (κ1) is 46.0. The first-order chi connectivity index (χ1) is 20.8. The summed E-state index contributed by atoms with van der Waals surface area (Å²) in [6.45, 7) is 8.52. The summed E-state index contributed by atoms with van der Waals surface area (Å²) < 4.78 is 40.4. The van der Waals surface area contributed by atoms with E-state index in [4.69, 9.17) is 4.18 Å². The van der Waals surface area contributed by atoms with E-state index in [1.165, 1.54) is 167 Å². The van der Waals surface area contributed by atoms with Crippen LogP contribution in [0.1, 0.15) is 233 Å². The van der Waals surface area contributed by atoms with Crippen molar-refractivity contribution >= 4 is 10.4 Å². The van der Waals surface area contributed by atoms with Crippen LogP contribution in [0.2, 0.25) is 0 Å². The highest BCUT2D eigenvalue weighted by molar-refractivity contribution is 7.80. The van der Waals surface area contributed by atoms with Gasteiger partial charge in [0.25, 0.3) is 0 Å². The lowest BCUT2D eigenvalue weighted by atomic mass is 9.77. The van der Waals surface area contributed by atoms with E-state index in [0.717, 1.165) is 25.7 Å². The van der Waals surface area contributed by atoms with Gasteiger partial charge < -0.3 is 10.7 Å². The molecule has 44 heavy (non-hydrogen) atoms. The topological polar surface area (TPSA) is 103 Å². The van der Waals surface area contributed by atoms with Gasteiger partial charge in [-0.05, 0) is 31.6 Å². The number of hydrogen-bond acceptors (Lipinski definition) is 4. The molecule has 6 heteroatoms. The van der Waals surface area contributed by atoms with Gasteiger partial charge in [-0.15, -0.1) is 0 Å². The summed E-state index contributed by atoms with van der Waals surface area (Å²) >= 11 is 0. The van der Waals surface area contributed by atoms with Crippen LogP contribution in [0.15, 0.2) is 0 Å². The van der Waals surface area contributed by atoms with Gasteiger partial charge in [-0.25, -0.2) is 8.42 Å². The fraction of sp³-hybridized carbons (Fsp3) is 1.00. The second-order valence-corrected chi connectivity index (χ2v) is 14.7. The summed E-state index contributed by atoms with van der Waals surface area (Å²) in [6.07, 6.45) is 40.5. The van der Waals surface area contributed by atoms with Crippen molar-refractivity contribution in [3.05, 3.63) is 0 Å². The Hall–Kier alpha value is -0.170. The molecule has 0 spiro atoms. The highest BCUT2D eigenvalue weighted by atomic mass is 32.3. The maximum Gasteiger partial charge on any atom is 0.218 e. The summed E-state index contributed by atoms with van der Waals surface area (Å²) in [4.78, 5) is 0. The number of hydrogen-bond donors (Lipinski definition) is 1. The van der Waals surface area contributed by atoms with Gasteiger partial charge in [0, 0.05) is 0 Å². The van der Waals surface area contributed by atoms with Crippen molar-refractivity contribution in [2.75, 3.05) is 0 Å². The van der Waals surface area contributed by atoms with Crippen LogP contribution in [0.4, 0.5) is 0 Å². The molecule has 0 aromatic carbocycles. The molecule has 4 N–H and O–H groups in total.